The number of nitriles is 1. The molecule has 3 N–H and O–H groups in total. The highest BCUT2D eigenvalue weighted by Crippen LogP contribution is 2.40. The quantitative estimate of drug-likeness (QED) is 0.331. The van der Waals surface area contributed by atoms with E-state index in [0.29, 0.717) is 51.2 Å². The fraction of sp³-hybridized carbons (Fsp3) is 0.625. The maximum Gasteiger partial charge on any atom is 0.335 e. The number of carboxylic acid groups (broad SMARTS) is 1. The predicted octanol–water partition coefficient (Wildman–Crippen LogP) is 4.90. The lowest BCUT2D eigenvalue weighted by molar-refractivity contribution is -0.154. The first kappa shape index (κ1) is 29.4. The summed E-state index contributed by atoms with van der Waals surface area (Å²) in [5.74, 6) is 0.534. The molecule has 0 spiro atoms. The summed E-state index contributed by atoms with van der Waals surface area (Å²) in [7, 11) is 0. The monoisotopic (exact) mass is 561 g/mol. The van der Waals surface area contributed by atoms with Gasteiger partial charge in [0.25, 0.3) is 0 Å². The summed E-state index contributed by atoms with van der Waals surface area (Å²) in [6.45, 7) is 6.40. The van der Waals surface area contributed by atoms with Crippen molar-refractivity contribution < 1.29 is 19.4 Å². The van der Waals surface area contributed by atoms with E-state index in [1.807, 2.05) is 24.4 Å². The van der Waals surface area contributed by atoms with Crippen molar-refractivity contribution in [2.45, 2.75) is 89.3 Å². The smallest absolute Gasteiger partial charge is 0.335 e. The Morgan fingerprint density at radius 1 is 1.22 bits per heavy atom. The maximum atomic E-state index is 11.3. The Hall–Kier alpha value is -3.06. The van der Waals surface area contributed by atoms with Gasteiger partial charge in [0.15, 0.2) is 5.60 Å². The van der Waals surface area contributed by atoms with Crippen LogP contribution in [0.15, 0.2) is 30.5 Å². The van der Waals surface area contributed by atoms with Gasteiger partial charge in [-0.3, -0.25) is 4.98 Å². The average molecular weight is 562 g/mol. The Labute approximate surface area is 243 Å². The van der Waals surface area contributed by atoms with Crippen molar-refractivity contribution in [1.82, 2.24) is 15.3 Å². The Bertz CT molecular complexity index is 1240. The highest BCUT2D eigenvalue weighted by molar-refractivity contribution is 5.80. The zero-order valence-electron chi connectivity index (χ0n) is 24.3. The summed E-state index contributed by atoms with van der Waals surface area (Å²) < 4.78 is 11.2. The molecule has 1 atom stereocenters. The molecule has 5 rings (SSSR count). The van der Waals surface area contributed by atoms with Gasteiger partial charge in [0.05, 0.1) is 23.8 Å². The second kappa shape index (κ2) is 12.8. The molecule has 41 heavy (non-hydrogen) atoms. The van der Waals surface area contributed by atoms with Crippen LogP contribution in [0.2, 0.25) is 0 Å². The number of pyridine rings is 2. The first-order valence-electron chi connectivity index (χ1n) is 15.1. The van der Waals surface area contributed by atoms with Crippen molar-refractivity contribution >= 4 is 11.8 Å². The number of hydrogen-bond donors (Lipinski definition) is 3. The number of aromatic nitrogens is 2. The van der Waals surface area contributed by atoms with E-state index in [-0.39, 0.29) is 6.04 Å². The van der Waals surface area contributed by atoms with Gasteiger partial charge in [-0.15, -0.1) is 0 Å². The van der Waals surface area contributed by atoms with Crippen molar-refractivity contribution in [1.29, 1.82) is 5.26 Å². The first-order chi connectivity index (χ1) is 19.8. The minimum absolute atomic E-state index is 0.134. The highest BCUT2D eigenvalue weighted by atomic mass is 16.5. The molecule has 0 radical (unpaired) electrons. The summed E-state index contributed by atoms with van der Waals surface area (Å²) in [6.07, 6.45) is 10.1. The molecular formula is C32H43N5O4. The van der Waals surface area contributed by atoms with Gasteiger partial charge in [-0.05, 0) is 101 Å². The van der Waals surface area contributed by atoms with Crippen LogP contribution < -0.4 is 10.6 Å². The first-order valence-corrected chi connectivity index (χ1v) is 15.1. The SMILES string of the molecule is Cc1cnc(CC2CCC(N[C@@H](C)COC3(C(=O)O)CC3)CC2)cc1-c1cccc(NCC2(C#N)CCOCC2)n1. The van der Waals surface area contributed by atoms with Crippen molar-refractivity contribution in [3.8, 4) is 17.3 Å². The zero-order valence-corrected chi connectivity index (χ0v) is 24.3. The number of aliphatic carboxylic acids is 1. The second-order valence-electron chi connectivity index (χ2n) is 12.4. The van der Waals surface area contributed by atoms with Crippen LogP contribution in [0.25, 0.3) is 11.3 Å². The number of hydrogen-bond acceptors (Lipinski definition) is 8. The van der Waals surface area contributed by atoms with Crippen LogP contribution >= 0.6 is 0 Å². The molecule has 1 saturated heterocycles. The summed E-state index contributed by atoms with van der Waals surface area (Å²) >= 11 is 0. The lowest BCUT2D eigenvalue weighted by Crippen LogP contribution is -2.43. The fourth-order valence-corrected chi connectivity index (χ4v) is 6.09. The van der Waals surface area contributed by atoms with Crippen LogP contribution in [0.5, 0.6) is 0 Å². The van der Waals surface area contributed by atoms with E-state index >= 15 is 0 Å². The van der Waals surface area contributed by atoms with E-state index in [9.17, 15) is 15.2 Å². The van der Waals surface area contributed by atoms with Gasteiger partial charge in [-0.25, -0.2) is 9.78 Å². The molecule has 0 bridgehead atoms. The summed E-state index contributed by atoms with van der Waals surface area (Å²) in [5.41, 5.74) is 2.86. The second-order valence-corrected chi connectivity index (χ2v) is 12.4. The van der Waals surface area contributed by atoms with E-state index in [1.54, 1.807) is 0 Å². The summed E-state index contributed by atoms with van der Waals surface area (Å²) in [5, 5.41) is 26.1. The van der Waals surface area contributed by atoms with Gasteiger partial charge < -0.3 is 25.2 Å². The molecule has 0 aromatic carbocycles. The van der Waals surface area contributed by atoms with Gasteiger partial charge in [-0.2, -0.15) is 5.26 Å². The molecule has 0 amide bonds. The molecule has 3 heterocycles. The molecule has 2 aliphatic carbocycles. The highest BCUT2D eigenvalue weighted by Gasteiger charge is 2.52. The molecule has 0 unspecified atom stereocenters. The van der Waals surface area contributed by atoms with Crippen LogP contribution in [-0.4, -0.2) is 65.1 Å². The average Bonchev–Trinajstić information content (AvgIpc) is 3.79. The molecule has 2 saturated carbocycles. The predicted molar refractivity (Wildman–Crippen MR) is 156 cm³/mol. The Morgan fingerprint density at radius 2 is 1.98 bits per heavy atom. The minimum atomic E-state index is -0.925. The van der Waals surface area contributed by atoms with E-state index in [4.69, 9.17) is 19.4 Å². The lowest BCUT2D eigenvalue weighted by atomic mass is 9.82. The number of ether oxygens (including phenoxy) is 2. The molecule has 1 aliphatic heterocycles. The molecule has 3 fully saturated rings. The van der Waals surface area contributed by atoms with Crippen LogP contribution in [0.4, 0.5) is 5.82 Å². The third kappa shape index (κ3) is 7.42. The van der Waals surface area contributed by atoms with Crippen molar-refractivity contribution in [3.63, 3.8) is 0 Å². The Balaban J connectivity index is 1.13. The fourth-order valence-electron chi connectivity index (χ4n) is 6.09. The Kier molecular flexibility index (Phi) is 9.22. The molecule has 9 nitrogen and oxygen atoms in total. The van der Waals surface area contributed by atoms with E-state index in [0.717, 1.165) is 73.3 Å². The zero-order chi connectivity index (χ0) is 28.9. The summed E-state index contributed by atoms with van der Waals surface area (Å²) in [4.78, 5) is 21.0. The van der Waals surface area contributed by atoms with Crippen LogP contribution in [0.3, 0.4) is 0 Å². The number of nitrogens with one attached hydrogen (secondary N) is 2. The van der Waals surface area contributed by atoms with Crippen molar-refractivity contribution in [3.05, 3.63) is 41.7 Å². The van der Waals surface area contributed by atoms with E-state index in [1.165, 1.54) is 0 Å². The van der Waals surface area contributed by atoms with Gasteiger partial charge >= 0.3 is 5.97 Å². The number of aryl methyl sites for hydroxylation is 1. The normalized spacial score (nSPS) is 23.7. The number of rotatable bonds is 12. The number of nitrogens with zero attached hydrogens (tertiary/aromatic N) is 3. The molecule has 220 valence electrons. The molecule has 9 heteroatoms. The molecule has 3 aliphatic rings. The molecular weight excluding hydrogens is 518 g/mol. The minimum Gasteiger partial charge on any atom is -0.479 e. The maximum absolute atomic E-state index is 11.3. The van der Waals surface area contributed by atoms with Gasteiger partial charge in [0.1, 0.15) is 5.82 Å². The lowest BCUT2D eigenvalue weighted by Gasteiger charge is -2.31. The number of carbonyl (C=O) groups is 1. The molecule has 2 aromatic rings. The van der Waals surface area contributed by atoms with Gasteiger partial charge in [0.2, 0.25) is 0 Å². The van der Waals surface area contributed by atoms with E-state index in [2.05, 4.69) is 36.6 Å². The van der Waals surface area contributed by atoms with Crippen molar-refractivity contribution in [2.24, 2.45) is 11.3 Å². The van der Waals surface area contributed by atoms with Crippen LogP contribution in [0, 0.1) is 29.6 Å². The van der Waals surface area contributed by atoms with Crippen LogP contribution in [-0.2, 0) is 20.7 Å². The standard InChI is InChI=1S/C32H43N5O4/c1-22-18-34-26(16-24-6-8-25(9-7-24)36-23(2)19-41-32(10-11-32)30(38)39)17-27(22)28-4-3-5-29(37-28)35-21-31(20-33)12-14-40-15-13-31/h3-5,17-18,23-25,36H,6-16,19,21H2,1-2H3,(H,35,37)(H,38,39)/t23-,24?,25?/m0/s1. The van der Waals surface area contributed by atoms with Gasteiger partial charge in [0, 0.05) is 49.3 Å². The summed E-state index contributed by atoms with van der Waals surface area (Å²) in [6, 6.07) is 11.3. The van der Waals surface area contributed by atoms with Crippen molar-refractivity contribution in [2.75, 3.05) is 31.7 Å². The third-order valence-electron chi connectivity index (χ3n) is 9.05. The van der Waals surface area contributed by atoms with Crippen LogP contribution in [0.1, 0.15) is 69.5 Å². The topological polar surface area (TPSA) is 129 Å². The third-order valence-corrected chi connectivity index (χ3v) is 9.05. The van der Waals surface area contributed by atoms with E-state index < -0.39 is 17.0 Å². The van der Waals surface area contributed by atoms with Gasteiger partial charge in [-0.1, -0.05) is 6.07 Å². The number of carboxylic acids is 1. The molecule has 2 aromatic heterocycles. The Morgan fingerprint density at radius 3 is 2.66 bits per heavy atom. The number of anilines is 1. The largest absolute Gasteiger partial charge is 0.479 e.